The van der Waals surface area contributed by atoms with Gasteiger partial charge in [-0.2, -0.15) is 0 Å². The van der Waals surface area contributed by atoms with E-state index in [-0.39, 0.29) is 0 Å². The van der Waals surface area contributed by atoms with Gasteiger partial charge in [-0.1, -0.05) is 0 Å². The highest BCUT2D eigenvalue weighted by atomic mass is 28.4. The molecule has 0 saturated carbocycles. The van der Waals surface area contributed by atoms with Crippen molar-refractivity contribution in [1.29, 1.82) is 0 Å². The lowest BCUT2D eigenvalue weighted by molar-refractivity contribution is 0.206. The van der Waals surface area contributed by atoms with E-state index in [4.69, 9.17) is 9.16 Å². The van der Waals surface area contributed by atoms with Gasteiger partial charge in [0.2, 0.25) is 0 Å². The Morgan fingerprint density at radius 3 is 2.82 bits per heavy atom. The number of nitrogens with one attached hydrogen (secondary N) is 1. The van der Waals surface area contributed by atoms with E-state index in [0.29, 0.717) is 0 Å². The van der Waals surface area contributed by atoms with Crippen molar-refractivity contribution >= 4 is 8.48 Å². The Balaban J connectivity index is 2.40. The Kier molecular flexibility index (Phi) is 3.51. The van der Waals surface area contributed by atoms with Crippen LogP contribution < -0.4 is 4.98 Å². The molecule has 0 aromatic heterocycles. The second kappa shape index (κ2) is 4.20. The SMILES string of the molecule is CCO[Si]1(COC)CCCN1. The molecule has 1 aliphatic heterocycles. The summed E-state index contributed by atoms with van der Waals surface area (Å²) in [5.41, 5.74) is 0. The maximum absolute atomic E-state index is 5.73. The highest BCUT2D eigenvalue weighted by Gasteiger charge is 2.38. The lowest BCUT2D eigenvalue weighted by atomic mass is 10.5. The predicted octanol–water partition coefficient (Wildman–Crippen LogP) is 0.644. The van der Waals surface area contributed by atoms with Crippen LogP contribution in [0, 0.1) is 0 Å². The third kappa shape index (κ3) is 2.26. The maximum atomic E-state index is 5.73. The summed E-state index contributed by atoms with van der Waals surface area (Å²) < 4.78 is 10.9. The van der Waals surface area contributed by atoms with E-state index in [1.165, 1.54) is 12.5 Å². The van der Waals surface area contributed by atoms with Crippen LogP contribution in [0.25, 0.3) is 0 Å². The predicted molar refractivity (Wildman–Crippen MR) is 46.7 cm³/mol. The average molecular weight is 175 g/mol. The number of methoxy groups -OCH3 is 1. The largest absolute Gasteiger partial charge is 0.402 e. The molecule has 0 aromatic rings. The first kappa shape index (κ1) is 9.19. The number of hydrogen-bond acceptors (Lipinski definition) is 3. The molecular formula is C7H17NO2Si. The van der Waals surface area contributed by atoms with E-state index in [0.717, 1.165) is 19.4 Å². The molecular weight excluding hydrogens is 158 g/mol. The Bertz CT molecular complexity index is 107. The summed E-state index contributed by atoms with van der Waals surface area (Å²) in [6, 6.07) is 1.20. The molecule has 66 valence electrons. The summed E-state index contributed by atoms with van der Waals surface area (Å²) in [6.45, 7) is 3.96. The average Bonchev–Trinajstić information content (AvgIpc) is 2.39. The standard InChI is InChI=1S/C7H17NO2Si/c1-3-10-11(7-9-2)6-4-5-8-11/h8H,3-7H2,1-2H3. The fraction of sp³-hybridized carbons (Fsp3) is 1.00. The quantitative estimate of drug-likeness (QED) is 0.636. The molecule has 0 bridgehead atoms. The van der Waals surface area contributed by atoms with Crippen LogP contribution in [0.1, 0.15) is 13.3 Å². The van der Waals surface area contributed by atoms with Gasteiger partial charge >= 0.3 is 0 Å². The Labute approximate surface area is 69.3 Å². The highest BCUT2D eigenvalue weighted by molar-refractivity contribution is 6.71. The minimum atomic E-state index is -1.60. The van der Waals surface area contributed by atoms with Crippen molar-refractivity contribution in [3.05, 3.63) is 0 Å². The van der Waals surface area contributed by atoms with Gasteiger partial charge < -0.3 is 14.1 Å². The normalized spacial score (nSPS) is 31.1. The molecule has 1 fully saturated rings. The summed E-state index contributed by atoms with van der Waals surface area (Å²) in [5.74, 6) is 0. The molecule has 11 heavy (non-hydrogen) atoms. The van der Waals surface area contributed by atoms with E-state index in [1.807, 2.05) is 6.92 Å². The van der Waals surface area contributed by atoms with Gasteiger partial charge in [0.25, 0.3) is 8.48 Å². The van der Waals surface area contributed by atoms with Crippen LogP contribution in [0.2, 0.25) is 6.04 Å². The second-order valence-corrected chi connectivity index (χ2v) is 6.31. The van der Waals surface area contributed by atoms with E-state index in [1.54, 1.807) is 7.11 Å². The first-order chi connectivity index (χ1) is 5.33. The summed E-state index contributed by atoms with van der Waals surface area (Å²) in [5, 5.41) is 0. The van der Waals surface area contributed by atoms with E-state index < -0.39 is 8.48 Å². The Hall–Kier alpha value is 0.0969. The van der Waals surface area contributed by atoms with Gasteiger partial charge in [0.15, 0.2) is 0 Å². The smallest absolute Gasteiger partial charge is 0.295 e. The second-order valence-electron chi connectivity index (χ2n) is 2.89. The van der Waals surface area contributed by atoms with Gasteiger partial charge in [-0.3, -0.25) is 0 Å². The van der Waals surface area contributed by atoms with Crippen molar-refractivity contribution in [2.24, 2.45) is 0 Å². The van der Waals surface area contributed by atoms with Gasteiger partial charge in [-0.25, -0.2) is 0 Å². The fourth-order valence-corrected chi connectivity index (χ4v) is 4.73. The van der Waals surface area contributed by atoms with Crippen molar-refractivity contribution < 1.29 is 9.16 Å². The van der Waals surface area contributed by atoms with Crippen LogP contribution in [-0.4, -0.2) is 35.0 Å². The van der Waals surface area contributed by atoms with E-state index in [9.17, 15) is 0 Å². The third-order valence-electron chi connectivity index (χ3n) is 2.00. The lowest BCUT2D eigenvalue weighted by Crippen LogP contribution is -2.53. The Morgan fingerprint density at radius 2 is 2.36 bits per heavy atom. The molecule has 1 atom stereocenters. The summed E-state index contributed by atoms with van der Waals surface area (Å²) in [4.78, 5) is 3.46. The topological polar surface area (TPSA) is 30.5 Å². The zero-order chi connectivity index (χ0) is 8.16. The fourth-order valence-electron chi connectivity index (χ4n) is 1.58. The van der Waals surface area contributed by atoms with E-state index in [2.05, 4.69) is 4.98 Å². The molecule has 3 nitrogen and oxygen atoms in total. The lowest BCUT2D eigenvalue weighted by Gasteiger charge is -2.24. The van der Waals surface area contributed by atoms with Crippen LogP contribution >= 0.6 is 0 Å². The van der Waals surface area contributed by atoms with Crippen LogP contribution in [0.5, 0.6) is 0 Å². The van der Waals surface area contributed by atoms with Gasteiger partial charge in [-0.05, 0) is 25.9 Å². The molecule has 1 unspecified atom stereocenters. The summed E-state index contributed by atoms with van der Waals surface area (Å²) in [7, 11) is 0.139. The van der Waals surface area contributed by atoms with Crippen LogP contribution in [0.3, 0.4) is 0 Å². The molecule has 0 radical (unpaired) electrons. The first-order valence-corrected chi connectivity index (χ1v) is 6.53. The summed E-state index contributed by atoms with van der Waals surface area (Å²) >= 11 is 0. The molecule has 0 spiro atoms. The summed E-state index contributed by atoms with van der Waals surface area (Å²) in [6.07, 6.45) is 2.04. The molecule has 1 aliphatic rings. The molecule has 1 heterocycles. The van der Waals surface area contributed by atoms with Gasteiger partial charge in [0, 0.05) is 13.7 Å². The molecule has 4 heteroatoms. The van der Waals surface area contributed by atoms with Crippen molar-refractivity contribution in [3.63, 3.8) is 0 Å². The first-order valence-electron chi connectivity index (χ1n) is 4.21. The van der Waals surface area contributed by atoms with Crippen LogP contribution in [-0.2, 0) is 9.16 Å². The number of ether oxygens (including phenoxy) is 1. The Morgan fingerprint density at radius 1 is 1.55 bits per heavy atom. The molecule has 1 N–H and O–H groups in total. The van der Waals surface area contributed by atoms with E-state index >= 15 is 0 Å². The van der Waals surface area contributed by atoms with Crippen molar-refractivity contribution in [1.82, 2.24) is 4.98 Å². The molecule has 1 rings (SSSR count). The highest BCUT2D eigenvalue weighted by Crippen LogP contribution is 2.16. The zero-order valence-corrected chi connectivity index (χ0v) is 8.35. The van der Waals surface area contributed by atoms with Gasteiger partial charge in [-0.15, -0.1) is 0 Å². The molecule has 0 amide bonds. The van der Waals surface area contributed by atoms with Crippen molar-refractivity contribution in [2.45, 2.75) is 19.4 Å². The third-order valence-corrected chi connectivity index (χ3v) is 5.65. The van der Waals surface area contributed by atoms with Gasteiger partial charge in [0.1, 0.15) is 0 Å². The monoisotopic (exact) mass is 175 g/mol. The van der Waals surface area contributed by atoms with Crippen LogP contribution in [0.15, 0.2) is 0 Å². The molecule has 1 saturated heterocycles. The van der Waals surface area contributed by atoms with Crippen molar-refractivity contribution in [3.8, 4) is 0 Å². The zero-order valence-electron chi connectivity index (χ0n) is 7.35. The minimum absolute atomic E-state index is 0.792. The molecule has 0 aliphatic carbocycles. The van der Waals surface area contributed by atoms with Gasteiger partial charge in [0.05, 0.1) is 6.23 Å². The molecule has 0 aromatic carbocycles. The number of rotatable bonds is 4. The van der Waals surface area contributed by atoms with Crippen LogP contribution in [0.4, 0.5) is 0 Å². The maximum Gasteiger partial charge on any atom is 0.295 e. The number of hydrogen-bond donors (Lipinski definition) is 1. The van der Waals surface area contributed by atoms with Crippen molar-refractivity contribution in [2.75, 3.05) is 26.5 Å². The minimum Gasteiger partial charge on any atom is -0.402 e.